The molecule has 5 rings (SSSR count). The van der Waals surface area contributed by atoms with Gasteiger partial charge < -0.3 is 20.4 Å². The Balaban J connectivity index is 1.29. The molecule has 200 valence electrons. The number of H-pyrrole nitrogens is 1. The van der Waals surface area contributed by atoms with E-state index in [2.05, 4.69) is 51.7 Å². The van der Waals surface area contributed by atoms with Crippen molar-refractivity contribution < 1.29 is 9.53 Å². The number of pyridine rings is 1. The van der Waals surface area contributed by atoms with Gasteiger partial charge in [-0.3, -0.25) is 5.32 Å². The van der Waals surface area contributed by atoms with Gasteiger partial charge in [0.05, 0.1) is 28.7 Å². The molecule has 3 aromatic heterocycles. The van der Waals surface area contributed by atoms with Crippen LogP contribution >= 0.6 is 0 Å². The highest BCUT2D eigenvalue weighted by atomic mass is 16.5. The first-order valence-corrected chi connectivity index (χ1v) is 12.8. The van der Waals surface area contributed by atoms with Crippen molar-refractivity contribution in [2.24, 2.45) is 0 Å². The van der Waals surface area contributed by atoms with Gasteiger partial charge in [-0.15, -0.1) is 0 Å². The van der Waals surface area contributed by atoms with E-state index in [4.69, 9.17) is 9.84 Å². The molecule has 0 fully saturated rings. The molecule has 0 saturated heterocycles. The number of aromatic nitrogens is 5. The zero-order valence-corrected chi connectivity index (χ0v) is 22.6. The largest absolute Gasteiger partial charge is 0.457 e. The number of imidazole rings is 1. The minimum atomic E-state index is -0.385. The Hall–Kier alpha value is -4.86. The standard InChI is InChI=1S/C29H32N8O2/c1-18(2)33-26-15-22(12-13-30-26)39-21-9-6-19(7-10-21)34-28(38)35-27-16-25(29(3,4)5)36-37(27)20-8-11-23-24(14-20)32-17-31-23/h6-18H,1-5H3,(H,30,33)(H,31,32)(H2,34,35,38). The van der Waals surface area contributed by atoms with E-state index in [1.54, 1.807) is 47.5 Å². The zero-order valence-electron chi connectivity index (χ0n) is 22.6. The molecule has 0 aliphatic carbocycles. The topological polar surface area (TPSA) is 122 Å². The van der Waals surface area contributed by atoms with Gasteiger partial charge in [0.2, 0.25) is 0 Å². The van der Waals surface area contributed by atoms with Crippen molar-refractivity contribution in [3.8, 4) is 17.2 Å². The predicted octanol–water partition coefficient (Wildman–Crippen LogP) is 6.70. The molecule has 0 aliphatic heterocycles. The van der Waals surface area contributed by atoms with Crippen LogP contribution in [-0.2, 0) is 5.41 Å². The van der Waals surface area contributed by atoms with Crippen molar-refractivity contribution >= 4 is 34.4 Å². The van der Waals surface area contributed by atoms with E-state index in [9.17, 15) is 4.79 Å². The number of nitrogens with zero attached hydrogens (tertiary/aromatic N) is 4. The molecular formula is C29H32N8O2. The summed E-state index contributed by atoms with van der Waals surface area (Å²) in [7, 11) is 0. The maximum absolute atomic E-state index is 13.0. The van der Waals surface area contributed by atoms with Gasteiger partial charge in [0.25, 0.3) is 0 Å². The van der Waals surface area contributed by atoms with Crippen LogP contribution in [0.15, 0.2) is 73.2 Å². The Labute approximate surface area is 226 Å². The predicted molar refractivity (Wildman–Crippen MR) is 154 cm³/mol. The van der Waals surface area contributed by atoms with Gasteiger partial charge in [-0.25, -0.2) is 19.4 Å². The summed E-state index contributed by atoms with van der Waals surface area (Å²) in [6.45, 7) is 10.3. The van der Waals surface area contributed by atoms with Gasteiger partial charge in [0.1, 0.15) is 23.1 Å². The monoisotopic (exact) mass is 524 g/mol. The lowest BCUT2D eigenvalue weighted by Crippen LogP contribution is -2.21. The summed E-state index contributed by atoms with van der Waals surface area (Å²) in [5, 5.41) is 13.9. The van der Waals surface area contributed by atoms with E-state index in [0.29, 0.717) is 23.0 Å². The number of benzene rings is 2. The van der Waals surface area contributed by atoms with Crippen LogP contribution in [0, 0.1) is 0 Å². The molecular weight excluding hydrogens is 492 g/mol. The van der Waals surface area contributed by atoms with Crippen LogP contribution in [0.4, 0.5) is 22.1 Å². The number of hydrogen-bond donors (Lipinski definition) is 4. The summed E-state index contributed by atoms with van der Waals surface area (Å²) in [5.41, 5.74) is 3.81. The van der Waals surface area contributed by atoms with E-state index in [1.807, 2.05) is 44.2 Å². The van der Waals surface area contributed by atoms with Crippen LogP contribution in [0.2, 0.25) is 0 Å². The van der Waals surface area contributed by atoms with Crippen molar-refractivity contribution in [2.45, 2.75) is 46.1 Å². The maximum Gasteiger partial charge on any atom is 0.324 e. The quantitative estimate of drug-likeness (QED) is 0.188. The highest BCUT2D eigenvalue weighted by Gasteiger charge is 2.22. The normalized spacial score (nSPS) is 11.5. The van der Waals surface area contributed by atoms with Gasteiger partial charge >= 0.3 is 6.03 Å². The fraction of sp³-hybridized carbons (Fsp3) is 0.241. The molecule has 0 atom stereocenters. The van der Waals surface area contributed by atoms with Gasteiger partial charge in [0.15, 0.2) is 0 Å². The Kier molecular flexibility index (Phi) is 6.93. The Morgan fingerprint density at radius 2 is 1.74 bits per heavy atom. The smallest absolute Gasteiger partial charge is 0.324 e. The number of carbonyl (C=O) groups is 1. The summed E-state index contributed by atoms with van der Waals surface area (Å²) in [6.07, 6.45) is 3.35. The lowest BCUT2D eigenvalue weighted by atomic mass is 9.92. The number of amides is 2. The van der Waals surface area contributed by atoms with E-state index >= 15 is 0 Å². The number of hydrogen-bond acceptors (Lipinski definition) is 6. The molecule has 2 aromatic carbocycles. The van der Waals surface area contributed by atoms with Crippen molar-refractivity contribution in [3.63, 3.8) is 0 Å². The van der Waals surface area contributed by atoms with Crippen LogP contribution in [0.1, 0.15) is 40.3 Å². The van der Waals surface area contributed by atoms with Crippen LogP contribution in [0.5, 0.6) is 11.5 Å². The lowest BCUT2D eigenvalue weighted by Gasteiger charge is -2.14. The summed E-state index contributed by atoms with van der Waals surface area (Å²) < 4.78 is 7.68. The van der Waals surface area contributed by atoms with Crippen LogP contribution in [0.3, 0.4) is 0 Å². The first-order valence-electron chi connectivity index (χ1n) is 12.8. The van der Waals surface area contributed by atoms with Crippen LogP contribution in [-0.4, -0.2) is 36.8 Å². The summed E-state index contributed by atoms with van der Waals surface area (Å²) in [5.74, 6) is 2.61. The third kappa shape index (κ3) is 6.18. The molecule has 0 bridgehead atoms. The molecule has 0 saturated carbocycles. The summed E-state index contributed by atoms with van der Waals surface area (Å²) in [4.78, 5) is 24.7. The number of anilines is 3. The minimum Gasteiger partial charge on any atom is -0.457 e. The van der Waals surface area contributed by atoms with Crippen LogP contribution < -0.4 is 20.7 Å². The number of nitrogens with one attached hydrogen (secondary N) is 4. The molecule has 3 heterocycles. The fourth-order valence-corrected chi connectivity index (χ4v) is 3.96. The van der Waals surface area contributed by atoms with Gasteiger partial charge in [0, 0.05) is 35.5 Å². The second-order valence-electron chi connectivity index (χ2n) is 10.6. The molecule has 10 nitrogen and oxygen atoms in total. The average molecular weight is 525 g/mol. The minimum absolute atomic E-state index is 0.204. The summed E-state index contributed by atoms with van der Waals surface area (Å²) >= 11 is 0. The van der Waals surface area contributed by atoms with Crippen molar-refractivity contribution in [2.75, 3.05) is 16.0 Å². The first-order chi connectivity index (χ1) is 18.6. The van der Waals surface area contributed by atoms with E-state index in [-0.39, 0.29) is 17.5 Å². The molecule has 39 heavy (non-hydrogen) atoms. The molecule has 0 radical (unpaired) electrons. The number of ether oxygens (including phenoxy) is 1. The van der Waals surface area contributed by atoms with Crippen LogP contribution in [0.25, 0.3) is 16.7 Å². The molecule has 0 aliphatic rings. The van der Waals surface area contributed by atoms with E-state index in [1.165, 1.54) is 0 Å². The third-order valence-electron chi connectivity index (χ3n) is 5.88. The second kappa shape index (κ2) is 10.5. The third-order valence-corrected chi connectivity index (χ3v) is 5.88. The van der Waals surface area contributed by atoms with E-state index in [0.717, 1.165) is 28.2 Å². The molecule has 0 unspecified atom stereocenters. The van der Waals surface area contributed by atoms with E-state index < -0.39 is 0 Å². The van der Waals surface area contributed by atoms with Crippen molar-refractivity contribution in [3.05, 3.63) is 78.9 Å². The Morgan fingerprint density at radius 3 is 2.49 bits per heavy atom. The first kappa shape index (κ1) is 25.8. The number of carbonyl (C=O) groups excluding carboxylic acids is 1. The molecule has 2 amide bonds. The number of urea groups is 1. The van der Waals surface area contributed by atoms with Crippen molar-refractivity contribution in [1.29, 1.82) is 0 Å². The average Bonchev–Trinajstić information content (AvgIpc) is 3.51. The Bertz CT molecular complexity index is 1600. The zero-order chi connectivity index (χ0) is 27.6. The molecule has 4 N–H and O–H groups in total. The highest BCUT2D eigenvalue weighted by Crippen LogP contribution is 2.28. The highest BCUT2D eigenvalue weighted by molar-refractivity contribution is 5.99. The second-order valence-corrected chi connectivity index (χ2v) is 10.6. The number of aromatic amines is 1. The van der Waals surface area contributed by atoms with Gasteiger partial charge in [-0.2, -0.15) is 5.10 Å². The van der Waals surface area contributed by atoms with Crippen molar-refractivity contribution in [1.82, 2.24) is 24.7 Å². The Morgan fingerprint density at radius 1 is 0.949 bits per heavy atom. The molecule has 0 spiro atoms. The summed E-state index contributed by atoms with van der Waals surface area (Å²) in [6, 6.07) is 18.4. The van der Waals surface area contributed by atoms with Gasteiger partial charge in [-0.1, -0.05) is 20.8 Å². The maximum atomic E-state index is 13.0. The molecule has 5 aromatic rings. The SMILES string of the molecule is CC(C)Nc1cc(Oc2ccc(NC(=O)Nc3cc(C(C)(C)C)nn3-c3ccc4[nH]cnc4c3)cc2)ccn1. The number of rotatable bonds is 7. The van der Waals surface area contributed by atoms with Gasteiger partial charge in [-0.05, 0) is 62.4 Å². The number of fused-ring (bicyclic) bond motifs is 1. The lowest BCUT2D eigenvalue weighted by molar-refractivity contribution is 0.262. The fourth-order valence-electron chi connectivity index (χ4n) is 3.96. The molecule has 10 heteroatoms.